The van der Waals surface area contributed by atoms with Gasteiger partial charge >= 0.3 is 0 Å². The number of hydrogen-bond donors (Lipinski definition) is 0. The van der Waals surface area contributed by atoms with Crippen molar-refractivity contribution >= 4 is 0 Å². The molecule has 0 saturated carbocycles. The second-order valence-corrected chi connectivity index (χ2v) is 5.32. The molecule has 0 aliphatic carbocycles. The quantitative estimate of drug-likeness (QED) is 0.847. The first-order valence-electron chi connectivity index (χ1n) is 7.20. The highest BCUT2D eigenvalue weighted by Crippen LogP contribution is 2.29. The molecule has 21 heavy (non-hydrogen) atoms. The maximum atomic E-state index is 13.5. The van der Waals surface area contributed by atoms with E-state index in [0.29, 0.717) is 23.0 Å². The van der Waals surface area contributed by atoms with Gasteiger partial charge in [0.2, 0.25) is 0 Å². The summed E-state index contributed by atoms with van der Waals surface area (Å²) in [6.45, 7) is 3.29. The molecule has 1 aliphatic rings. The van der Waals surface area contributed by atoms with Crippen molar-refractivity contribution in [1.29, 1.82) is 0 Å². The Labute approximate surface area is 123 Å². The summed E-state index contributed by atoms with van der Waals surface area (Å²) in [7, 11) is 0. The molecule has 0 bridgehead atoms. The van der Waals surface area contributed by atoms with E-state index in [9.17, 15) is 4.39 Å². The minimum absolute atomic E-state index is 0.258. The fourth-order valence-electron chi connectivity index (χ4n) is 2.48. The zero-order chi connectivity index (χ0) is 14.7. The molecule has 2 aromatic rings. The topological polar surface area (TPSA) is 31.4 Å². The van der Waals surface area contributed by atoms with E-state index in [-0.39, 0.29) is 5.82 Å². The molecule has 1 saturated heterocycles. The summed E-state index contributed by atoms with van der Waals surface area (Å²) < 4.78 is 24.7. The molecule has 3 rings (SSSR count). The minimum Gasteiger partial charge on any atom is -0.457 e. The lowest BCUT2D eigenvalue weighted by molar-refractivity contribution is 0.0844. The van der Waals surface area contributed by atoms with Gasteiger partial charge in [-0.05, 0) is 37.5 Å². The van der Waals surface area contributed by atoms with Crippen LogP contribution in [-0.4, -0.2) is 18.2 Å². The van der Waals surface area contributed by atoms with E-state index < -0.39 is 0 Å². The third kappa shape index (κ3) is 3.39. The molecule has 0 unspecified atom stereocenters. The molecule has 0 atom stereocenters. The van der Waals surface area contributed by atoms with Crippen LogP contribution in [0.1, 0.15) is 30.0 Å². The summed E-state index contributed by atoms with van der Waals surface area (Å²) in [6, 6.07) is 8.62. The summed E-state index contributed by atoms with van der Waals surface area (Å²) in [5.74, 6) is 1.35. The van der Waals surface area contributed by atoms with Crippen LogP contribution in [0.15, 0.2) is 36.5 Å². The molecule has 1 fully saturated rings. The van der Waals surface area contributed by atoms with Crippen LogP contribution in [0.4, 0.5) is 4.39 Å². The average Bonchev–Trinajstić information content (AvgIpc) is 2.52. The van der Waals surface area contributed by atoms with E-state index in [4.69, 9.17) is 9.47 Å². The van der Waals surface area contributed by atoms with Gasteiger partial charge in [-0.25, -0.2) is 4.39 Å². The second kappa shape index (κ2) is 6.22. The Morgan fingerprint density at radius 1 is 1.14 bits per heavy atom. The second-order valence-electron chi connectivity index (χ2n) is 5.32. The highest BCUT2D eigenvalue weighted by molar-refractivity contribution is 5.34. The molecule has 3 nitrogen and oxygen atoms in total. The molecular weight excluding hydrogens is 269 g/mol. The minimum atomic E-state index is -0.258. The van der Waals surface area contributed by atoms with Gasteiger partial charge in [0.15, 0.2) is 0 Å². The largest absolute Gasteiger partial charge is 0.457 e. The van der Waals surface area contributed by atoms with Gasteiger partial charge in [-0.2, -0.15) is 0 Å². The Morgan fingerprint density at radius 2 is 1.90 bits per heavy atom. The Kier molecular flexibility index (Phi) is 4.15. The number of aryl methyl sites for hydroxylation is 1. The Bertz CT molecular complexity index is 624. The van der Waals surface area contributed by atoms with E-state index in [1.165, 1.54) is 6.07 Å². The lowest BCUT2D eigenvalue weighted by atomic mass is 9.96. The van der Waals surface area contributed by atoms with Crippen molar-refractivity contribution in [2.24, 2.45) is 0 Å². The molecule has 0 N–H and O–H groups in total. The number of aromatic nitrogens is 1. The summed E-state index contributed by atoms with van der Waals surface area (Å²) >= 11 is 0. The maximum Gasteiger partial charge on any atom is 0.130 e. The molecule has 110 valence electrons. The number of benzene rings is 1. The zero-order valence-corrected chi connectivity index (χ0v) is 12.0. The molecule has 2 heterocycles. The van der Waals surface area contributed by atoms with Gasteiger partial charge in [0, 0.05) is 43.2 Å². The van der Waals surface area contributed by atoms with Crippen LogP contribution in [0.5, 0.6) is 11.5 Å². The normalized spacial score (nSPS) is 15.9. The van der Waals surface area contributed by atoms with Gasteiger partial charge in [0.25, 0.3) is 0 Å². The monoisotopic (exact) mass is 287 g/mol. The highest BCUT2D eigenvalue weighted by atomic mass is 19.1. The van der Waals surface area contributed by atoms with E-state index in [0.717, 1.165) is 31.7 Å². The summed E-state index contributed by atoms with van der Waals surface area (Å²) in [6.07, 6.45) is 3.70. The van der Waals surface area contributed by atoms with Gasteiger partial charge < -0.3 is 9.47 Å². The Balaban J connectivity index is 1.77. The van der Waals surface area contributed by atoms with Crippen molar-refractivity contribution in [3.63, 3.8) is 0 Å². The first kappa shape index (κ1) is 14.0. The molecule has 0 spiro atoms. The van der Waals surface area contributed by atoms with Gasteiger partial charge in [0.1, 0.15) is 17.3 Å². The van der Waals surface area contributed by atoms with E-state index >= 15 is 0 Å². The summed E-state index contributed by atoms with van der Waals surface area (Å²) in [5.41, 5.74) is 1.63. The van der Waals surface area contributed by atoms with Gasteiger partial charge in [-0.15, -0.1) is 0 Å². The first-order chi connectivity index (χ1) is 10.2. The van der Waals surface area contributed by atoms with E-state index in [1.54, 1.807) is 31.3 Å². The van der Waals surface area contributed by atoms with E-state index in [1.807, 2.05) is 6.07 Å². The van der Waals surface area contributed by atoms with Gasteiger partial charge in [0.05, 0.1) is 0 Å². The number of rotatable bonds is 3. The van der Waals surface area contributed by atoms with Crippen LogP contribution < -0.4 is 4.74 Å². The van der Waals surface area contributed by atoms with Crippen molar-refractivity contribution < 1.29 is 13.9 Å². The van der Waals surface area contributed by atoms with Crippen molar-refractivity contribution in [3.8, 4) is 11.5 Å². The molecular formula is C17H18FNO2. The van der Waals surface area contributed by atoms with Crippen molar-refractivity contribution in [1.82, 2.24) is 4.98 Å². The fraction of sp³-hybridized carbons (Fsp3) is 0.353. The van der Waals surface area contributed by atoms with Crippen LogP contribution in [0.2, 0.25) is 0 Å². The zero-order valence-electron chi connectivity index (χ0n) is 12.0. The first-order valence-corrected chi connectivity index (χ1v) is 7.20. The molecule has 1 aliphatic heterocycles. The van der Waals surface area contributed by atoms with Crippen LogP contribution in [-0.2, 0) is 4.74 Å². The molecule has 0 amide bonds. The Morgan fingerprint density at radius 3 is 2.67 bits per heavy atom. The summed E-state index contributed by atoms with van der Waals surface area (Å²) in [5, 5.41) is 0. The standard InChI is InChI=1S/C17H18FNO2/c1-12-2-3-14(10-16(12)18)21-15-4-7-19-17(11-15)13-5-8-20-9-6-13/h2-4,7,10-11,13H,5-6,8-9H2,1H3. The highest BCUT2D eigenvalue weighted by Gasteiger charge is 2.17. The van der Waals surface area contributed by atoms with Crippen LogP contribution in [0.25, 0.3) is 0 Å². The average molecular weight is 287 g/mol. The van der Waals surface area contributed by atoms with Crippen LogP contribution in [0, 0.1) is 12.7 Å². The Hall–Kier alpha value is -1.94. The van der Waals surface area contributed by atoms with Crippen LogP contribution in [0.3, 0.4) is 0 Å². The smallest absolute Gasteiger partial charge is 0.130 e. The number of halogens is 1. The molecule has 0 radical (unpaired) electrons. The number of pyridine rings is 1. The van der Waals surface area contributed by atoms with Gasteiger partial charge in [-0.1, -0.05) is 6.07 Å². The predicted octanol–water partition coefficient (Wildman–Crippen LogP) is 4.22. The van der Waals surface area contributed by atoms with Crippen LogP contribution >= 0.6 is 0 Å². The van der Waals surface area contributed by atoms with Gasteiger partial charge in [-0.3, -0.25) is 4.98 Å². The SMILES string of the molecule is Cc1ccc(Oc2ccnc(C3CCOCC3)c2)cc1F. The van der Waals surface area contributed by atoms with Crippen molar-refractivity contribution in [2.45, 2.75) is 25.7 Å². The number of hydrogen-bond acceptors (Lipinski definition) is 3. The lowest BCUT2D eigenvalue weighted by Gasteiger charge is -2.21. The van der Waals surface area contributed by atoms with E-state index in [2.05, 4.69) is 4.98 Å². The maximum absolute atomic E-state index is 13.5. The van der Waals surface area contributed by atoms with Crippen molar-refractivity contribution in [2.75, 3.05) is 13.2 Å². The lowest BCUT2D eigenvalue weighted by Crippen LogP contribution is -2.15. The third-order valence-electron chi connectivity index (χ3n) is 3.77. The van der Waals surface area contributed by atoms with Crippen molar-refractivity contribution in [3.05, 3.63) is 53.6 Å². The summed E-state index contributed by atoms with van der Waals surface area (Å²) in [4.78, 5) is 4.43. The molecule has 1 aromatic carbocycles. The molecule has 4 heteroatoms. The number of ether oxygens (including phenoxy) is 2. The third-order valence-corrected chi connectivity index (χ3v) is 3.77. The fourth-order valence-corrected chi connectivity index (χ4v) is 2.48. The molecule has 1 aromatic heterocycles. The predicted molar refractivity (Wildman–Crippen MR) is 78.2 cm³/mol. The number of nitrogens with zero attached hydrogens (tertiary/aromatic N) is 1.